The molecule has 1 saturated carbocycles. The highest BCUT2D eigenvalue weighted by Crippen LogP contribution is 2.47. The molecule has 156 valence electrons. The molecular weight excluding hydrogens is 396 g/mol. The minimum Gasteiger partial charge on any atom is -0.495 e. The maximum atomic E-state index is 6.12. The lowest BCUT2D eigenvalue weighted by Crippen LogP contribution is -2.05. The molecule has 2 atom stereocenters. The van der Waals surface area contributed by atoms with Crippen LogP contribution >= 0.6 is 0 Å². The Morgan fingerprint density at radius 1 is 1.06 bits per heavy atom. The molecule has 0 unspecified atom stereocenters. The van der Waals surface area contributed by atoms with Crippen molar-refractivity contribution in [2.75, 3.05) is 13.7 Å². The van der Waals surface area contributed by atoms with E-state index in [0.717, 1.165) is 29.0 Å². The van der Waals surface area contributed by atoms with Crippen LogP contribution in [-0.2, 0) is 0 Å². The van der Waals surface area contributed by atoms with E-state index in [-0.39, 0.29) is 0 Å². The minimum atomic E-state index is 0.396. The molecule has 1 N–H and O–H groups in total. The summed E-state index contributed by atoms with van der Waals surface area (Å²) in [5, 5.41) is 13.9. The first-order valence-corrected chi connectivity index (χ1v) is 9.88. The van der Waals surface area contributed by atoms with Crippen LogP contribution in [0.15, 0.2) is 42.9 Å². The molecule has 0 aromatic carbocycles. The molecule has 1 aliphatic rings. The smallest absolute Gasteiger partial charge is 0.224 e. The van der Waals surface area contributed by atoms with Gasteiger partial charge in [0.25, 0.3) is 0 Å². The fourth-order valence-corrected chi connectivity index (χ4v) is 3.42. The summed E-state index contributed by atoms with van der Waals surface area (Å²) in [6.07, 6.45) is 6.29. The number of aryl methyl sites for hydroxylation is 1. The van der Waals surface area contributed by atoms with E-state index in [4.69, 9.17) is 9.47 Å². The van der Waals surface area contributed by atoms with Gasteiger partial charge in [-0.15, -0.1) is 10.2 Å². The number of tetrazole rings is 1. The van der Waals surface area contributed by atoms with Crippen LogP contribution in [0, 0.1) is 12.8 Å². The second kappa shape index (κ2) is 8.05. The van der Waals surface area contributed by atoms with Gasteiger partial charge in [-0.25, -0.2) is 4.98 Å². The normalized spacial score (nSPS) is 17.4. The molecule has 0 bridgehead atoms. The lowest BCUT2D eigenvalue weighted by Gasteiger charge is -2.11. The average Bonchev–Trinajstić information content (AvgIpc) is 3.38. The van der Waals surface area contributed by atoms with Crippen LogP contribution < -0.4 is 9.47 Å². The molecule has 1 aliphatic carbocycles. The quantitative estimate of drug-likeness (QED) is 0.484. The largest absolute Gasteiger partial charge is 0.495 e. The van der Waals surface area contributed by atoms with Gasteiger partial charge in [0.2, 0.25) is 11.7 Å². The maximum Gasteiger partial charge on any atom is 0.224 e. The zero-order valence-electron chi connectivity index (χ0n) is 17.1. The summed E-state index contributed by atoms with van der Waals surface area (Å²) in [6, 6.07) is 7.70. The number of rotatable bonds is 7. The third-order valence-electron chi connectivity index (χ3n) is 5.25. The number of methoxy groups -OCH3 is 1. The zero-order valence-corrected chi connectivity index (χ0v) is 17.1. The standard InChI is InChI=1S/C21H20N8O2/c1-12-22-10-17(13-3-5-19(23-8-13)20-26-28-29-27-20)21(25-12)31-11-14-7-16(14)18-6-4-15(30-2)9-24-18/h3-6,8-10,14,16H,7,11H2,1-2H3,(H,26,27,28,29)/t14-,16+/m1/s1. The van der Waals surface area contributed by atoms with E-state index in [1.165, 1.54) is 0 Å². The molecular formula is C21H20N8O2. The van der Waals surface area contributed by atoms with Crippen LogP contribution in [0.3, 0.4) is 0 Å². The van der Waals surface area contributed by atoms with Gasteiger partial charge in [0.15, 0.2) is 0 Å². The molecule has 4 aromatic rings. The summed E-state index contributed by atoms with van der Waals surface area (Å²) >= 11 is 0. The van der Waals surface area contributed by atoms with Gasteiger partial charge in [-0.2, -0.15) is 10.2 Å². The van der Waals surface area contributed by atoms with Crippen LogP contribution in [0.4, 0.5) is 0 Å². The highest BCUT2D eigenvalue weighted by molar-refractivity contribution is 5.68. The molecule has 5 rings (SSSR count). The third kappa shape index (κ3) is 4.04. The minimum absolute atomic E-state index is 0.396. The Bertz CT molecular complexity index is 1160. The van der Waals surface area contributed by atoms with E-state index in [1.807, 2.05) is 31.2 Å². The van der Waals surface area contributed by atoms with Gasteiger partial charge in [0.1, 0.15) is 17.3 Å². The molecule has 10 heteroatoms. The summed E-state index contributed by atoms with van der Waals surface area (Å²) in [5.74, 6) is 3.21. The molecule has 10 nitrogen and oxygen atoms in total. The van der Waals surface area contributed by atoms with E-state index in [9.17, 15) is 0 Å². The summed E-state index contributed by atoms with van der Waals surface area (Å²) in [6.45, 7) is 2.41. The fraction of sp³-hybridized carbons (Fsp3) is 0.286. The van der Waals surface area contributed by atoms with Crippen LogP contribution in [-0.4, -0.2) is 54.3 Å². The Kier molecular flexibility index (Phi) is 4.95. The van der Waals surface area contributed by atoms with Crippen molar-refractivity contribution in [1.82, 2.24) is 40.6 Å². The van der Waals surface area contributed by atoms with E-state index >= 15 is 0 Å². The monoisotopic (exact) mass is 416 g/mol. The molecule has 0 spiro atoms. The van der Waals surface area contributed by atoms with Crippen molar-refractivity contribution in [2.45, 2.75) is 19.3 Å². The van der Waals surface area contributed by atoms with E-state index in [0.29, 0.717) is 41.7 Å². The number of nitrogens with one attached hydrogen (secondary N) is 1. The lowest BCUT2D eigenvalue weighted by molar-refractivity contribution is 0.285. The number of aromatic nitrogens is 8. The van der Waals surface area contributed by atoms with E-state index in [1.54, 1.807) is 25.7 Å². The van der Waals surface area contributed by atoms with Gasteiger partial charge < -0.3 is 9.47 Å². The number of hydrogen-bond donors (Lipinski definition) is 1. The van der Waals surface area contributed by atoms with Crippen molar-refractivity contribution in [1.29, 1.82) is 0 Å². The van der Waals surface area contributed by atoms with E-state index < -0.39 is 0 Å². The van der Waals surface area contributed by atoms with Crippen LogP contribution in [0.5, 0.6) is 11.6 Å². The molecule has 31 heavy (non-hydrogen) atoms. The van der Waals surface area contributed by atoms with Crippen molar-refractivity contribution in [3.05, 3.63) is 54.4 Å². The molecule has 4 heterocycles. The fourth-order valence-electron chi connectivity index (χ4n) is 3.42. The third-order valence-corrected chi connectivity index (χ3v) is 5.25. The molecule has 0 aliphatic heterocycles. The molecule has 0 saturated heterocycles. The topological polar surface area (TPSA) is 124 Å². The molecule has 0 amide bonds. The second-order valence-electron chi connectivity index (χ2n) is 7.34. The number of nitrogens with zero attached hydrogens (tertiary/aromatic N) is 7. The highest BCUT2D eigenvalue weighted by atomic mass is 16.5. The summed E-state index contributed by atoms with van der Waals surface area (Å²) in [7, 11) is 1.64. The van der Waals surface area contributed by atoms with Gasteiger partial charge in [0.05, 0.1) is 25.5 Å². The second-order valence-corrected chi connectivity index (χ2v) is 7.34. The van der Waals surface area contributed by atoms with Crippen molar-refractivity contribution >= 4 is 0 Å². The Balaban J connectivity index is 1.29. The summed E-state index contributed by atoms with van der Waals surface area (Å²) < 4.78 is 11.3. The molecule has 4 aromatic heterocycles. The average molecular weight is 416 g/mol. The Hall–Kier alpha value is -3.95. The number of ether oxygens (including phenoxy) is 2. The number of pyridine rings is 2. The first kappa shape index (κ1) is 19.0. The van der Waals surface area contributed by atoms with Gasteiger partial charge in [-0.3, -0.25) is 9.97 Å². The van der Waals surface area contributed by atoms with Crippen molar-refractivity contribution in [3.63, 3.8) is 0 Å². The van der Waals surface area contributed by atoms with Crippen LogP contribution in [0.25, 0.3) is 22.6 Å². The number of aromatic amines is 1. The number of hydrogen-bond acceptors (Lipinski definition) is 9. The summed E-state index contributed by atoms with van der Waals surface area (Å²) in [5.41, 5.74) is 3.33. The van der Waals surface area contributed by atoms with Crippen molar-refractivity contribution in [2.24, 2.45) is 5.92 Å². The molecule has 0 radical (unpaired) electrons. The first-order valence-electron chi connectivity index (χ1n) is 9.88. The molecule has 1 fully saturated rings. The predicted octanol–water partition coefficient (Wildman–Crippen LogP) is 2.61. The SMILES string of the molecule is COc1ccc([C@H]2C[C@@H]2COc2nc(C)ncc2-c2ccc(-c3nn[nH]n3)nc2)nc1. The lowest BCUT2D eigenvalue weighted by atomic mass is 10.1. The van der Waals surface area contributed by atoms with Gasteiger partial charge in [-0.05, 0) is 36.8 Å². The zero-order chi connectivity index (χ0) is 21.2. The first-order chi connectivity index (χ1) is 15.2. The van der Waals surface area contributed by atoms with E-state index in [2.05, 4.69) is 40.6 Å². The van der Waals surface area contributed by atoms with Crippen LogP contribution in [0.2, 0.25) is 0 Å². The van der Waals surface area contributed by atoms with Gasteiger partial charge >= 0.3 is 0 Å². The summed E-state index contributed by atoms with van der Waals surface area (Å²) in [4.78, 5) is 17.8. The van der Waals surface area contributed by atoms with Gasteiger partial charge in [-0.1, -0.05) is 6.07 Å². The number of H-pyrrole nitrogens is 1. The Morgan fingerprint density at radius 3 is 2.71 bits per heavy atom. The van der Waals surface area contributed by atoms with Crippen molar-refractivity contribution < 1.29 is 9.47 Å². The predicted molar refractivity (Wildman–Crippen MR) is 110 cm³/mol. The van der Waals surface area contributed by atoms with Gasteiger partial charge in [0, 0.05) is 35.5 Å². The maximum absolute atomic E-state index is 6.12. The van der Waals surface area contributed by atoms with Crippen LogP contribution in [0.1, 0.15) is 23.9 Å². The van der Waals surface area contributed by atoms with Crippen molar-refractivity contribution in [3.8, 4) is 34.3 Å². The Labute approximate surface area is 178 Å². The highest BCUT2D eigenvalue weighted by Gasteiger charge is 2.40. The Morgan fingerprint density at radius 2 is 2.00 bits per heavy atom.